The summed E-state index contributed by atoms with van der Waals surface area (Å²) >= 11 is 2.39. The summed E-state index contributed by atoms with van der Waals surface area (Å²) in [6.45, 7) is 9.18. The first-order valence-electron chi connectivity index (χ1n) is 9.30. The highest BCUT2D eigenvalue weighted by atomic mass is 32.2. The number of benzene rings is 1. The number of ether oxygens (including phenoxy) is 1. The van der Waals surface area contributed by atoms with Gasteiger partial charge in [-0.3, -0.25) is 9.59 Å². The van der Waals surface area contributed by atoms with Crippen molar-refractivity contribution in [3.05, 3.63) is 24.3 Å². The average Bonchev–Trinajstić information content (AvgIpc) is 3.09. The van der Waals surface area contributed by atoms with Gasteiger partial charge in [-0.15, -0.1) is 11.3 Å². The van der Waals surface area contributed by atoms with Crippen LogP contribution in [0.15, 0.2) is 28.6 Å². The Morgan fingerprint density at radius 2 is 1.81 bits per heavy atom. The standard InChI is InChI=1S/C15H17NO4S2.C4H11N/c1-2-3-10-19-13(17)8-9-14(18)20-22-15-16-11-6-4-5-7-12(11)21-15;1-3-5-4-2/h4-7H,2-3,8-10H2,1H3;5H,3-4H2,1-2H3/p+1. The lowest BCUT2D eigenvalue weighted by Gasteiger charge is -2.03. The number of para-hydroxylation sites is 1. The molecule has 2 rings (SSSR count). The van der Waals surface area contributed by atoms with Crippen LogP contribution in [0.3, 0.4) is 0 Å². The first-order chi connectivity index (χ1) is 13.1. The summed E-state index contributed by atoms with van der Waals surface area (Å²) in [7, 11) is 0. The minimum absolute atomic E-state index is 0.0167. The largest absolute Gasteiger partial charge is 0.466 e. The van der Waals surface area contributed by atoms with Gasteiger partial charge in [-0.25, -0.2) is 4.98 Å². The molecule has 0 saturated heterocycles. The molecule has 2 aromatic rings. The maximum Gasteiger partial charge on any atom is 0.318 e. The van der Waals surface area contributed by atoms with Gasteiger partial charge in [0.05, 0.1) is 42.8 Å². The van der Waals surface area contributed by atoms with Gasteiger partial charge in [0.2, 0.25) is 0 Å². The highest BCUT2D eigenvalue weighted by Crippen LogP contribution is 2.30. The van der Waals surface area contributed by atoms with E-state index in [-0.39, 0.29) is 18.8 Å². The average molecular weight is 414 g/mol. The van der Waals surface area contributed by atoms with Gasteiger partial charge < -0.3 is 14.2 Å². The Balaban J connectivity index is 0.000000646. The lowest BCUT2D eigenvalue weighted by molar-refractivity contribution is -0.648. The van der Waals surface area contributed by atoms with Crippen LogP contribution in [0, 0.1) is 0 Å². The number of esters is 1. The number of hydrogen-bond acceptors (Lipinski definition) is 7. The Morgan fingerprint density at radius 3 is 2.44 bits per heavy atom. The third kappa shape index (κ3) is 10.3. The summed E-state index contributed by atoms with van der Waals surface area (Å²) in [5.41, 5.74) is 0.880. The van der Waals surface area contributed by atoms with Crippen molar-refractivity contribution >= 4 is 45.5 Å². The van der Waals surface area contributed by atoms with E-state index < -0.39 is 5.97 Å². The van der Waals surface area contributed by atoms with Gasteiger partial charge in [-0.05, 0) is 32.4 Å². The number of unbranched alkanes of at least 4 members (excludes halogenated alkanes) is 1. The number of rotatable bonds is 10. The molecule has 0 spiro atoms. The summed E-state index contributed by atoms with van der Waals surface area (Å²) in [5, 5.41) is 2.25. The van der Waals surface area contributed by atoms with E-state index in [1.54, 1.807) is 0 Å². The van der Waals surface area contributed by atoms with Crippen LogP contribution >= 0.6 is 23.4 Å². The predicted molar refractivity (Wildman–Crippen MR) is 110 cm³/mol. The maximum atomic E-state index is 11.6. The molecule has 0 aliphatic carbocycles. The Hall–Kier alpha value is -1.64. The van der Waals surface area contributed by atoms with Crippen molar-refractivity contribution in [2.45, 2.75) is 50.8 Å². The molecular weight excluding hydrogens is 384 g/mol. The van der Waals surface area contributed by atoms with Gasteiger partial charge in [0.1, 0.15) is 12.0 Å². The lowest BCUT2D eigenvalue weighted by atomic mass is 10.3. The fraction of sp³-hybridized carbons (Fsp3) is 0.526. The third-order valence-electron chi connectivity index (χ3n) is 3.35. The molecule has 0 unspecified atom stereocenters. The molecular formula is C19H29N2O4S2+. The molecule has 0 saturated carbocycles. The summed E-state index contributed by atoms with van der Waals surface area (Å²) in [6, 6.07) is 7.72. The molecule has 6 nitrogen and oxygen atoms in total. The molecule has 2 N–H and O–H groups in total. The molecule has 27 heavy (non-hydrogen) atoms. The van der Waals surface area contributed by atoms with Gasteiger partial charge in [-0.1, -0.05) is 25.5 Å². The fourth-order valence-corrected chi connectivity index (χ4v) is 3.49. The second-order valence-electron chi connectivity index (χ2n) is 5.67. The zero-order valence-electron chi connectivity index (χ0n) is 16.2. The number of thiazole rings is 1. The number of aromatic nitrogens is 1. The number of carbonyl (C=O) groups is 2. The summed E-state index contributed by atoms with van der Waals surface area (Å²) in [6.07, 6.45) is 1.86. The second kappa shape index (κ2) is 14.4. The van der Waals surface area contributed by atoms with Crippen molar-refractivity contribution in [3.63, 3.8) is 0 Å². The topological polar surface area (TPSA) is 82.1 Å². The summed E-state index contributed by atoms with van der Waals surface area (Å²) in [5.74, 6) is -0.813. The van der Waals surface area contributed by atoms with Crippen LogP contribution in [0.25, 0.3) is 10.2 Å². The minimum atomic E-state index is -0.448. The summed E-state index contributed by atoms with van der Waals surface area (Å²) in [4.78, 5) is 27.3. The number of nitrogens with zero attached hydrogens (tertiary/aromatic N) is 1. The lowest BCUT2D eigenvalue weighted by Crippen LogP contribution is -2.82. The van der Waals surface area contributed by atoms with E-state index in [9.17, 15) is 9.59 Å². The molecule has 0 atom stereocenters. The zero-order valence-corrected chi connectivity index (χ0v) is 17.9. The fourth-order valence-electron chi connectivity index (χ4n) is 1.91. The van der Waals surface area contributed by atoms with Crippen molar-refractivity contribution in [2.24, 2.45) is 0 Å². The third-order valence-corrected chi connectivity index (χ3v) is 5.14. The van der Waals surface area contributed by atoms with E-state index in [0.29, 0.717) is 10.9 Å². The van der Waals surface area contributed by atoms with Crippen molar-refractivity contribution in [1.82, 2.24) is 4.98 Å². The molecule has 0 aliphatic heterocycles. The first-order valence-corrected chi connectivity index (χ1v) is 10.9. The predicted octanol–water partition coefficient (Wildman–Crippen LogP) is 3.56. The summed E-state index contributed by atoms with van der Waals surface area (Å²) < 4.78 is 11.7. The monoisotopic (exact) mass is 413 g/mol. The van der Waals surface area contributed by atoms with Gasteiger partial charge in [0, 0.05) is 0 Å². The molecule has 0 fully saturated rings. The quantitative estimate of drug-likeness (QED) is 0.364. The number of quaternary nitrogens is 1. The van der Waals surface area contributed by atoms with Gasteiger partial charge in [0.15, 0.2) is 4.34 Å². The Bertz CT molecular complexity index is 656. The number of nitrogens with two attached hydrogens (primary N) is 1. The van der Waals surface area contributed by atoms with Crippen molar-refractivity contribution < 1.29 is 23.8 Å². The molecule has 1 aromatic carbocycles. The molecule has 1 aromatic heterocycles. The second-order valence-corrected chi connectivity index (χ2v) is 7.67. The van der Waals surface area contributed by atoms with Crippen LogP contribution in [0.1, 0.15) is 46.5 Å². The number of fused-ring (bicyclic) bond motifs is 1. The molecule has 0 aliphatic rings. The van der Waals surface area contributed by atoms with E-state index in [1.807, 2.05) is 31.2 Å². The van der Waals surface area contributed by atoms with E-state index >= 15 is 0 Å². The molecule has 150 valence electrons. The Labute approximate surface area is 169 Å². The van der Waals surface area contributed by atoms with Crippen LogP contribution < -0.4 is 5.32 Å². The SMILES string of the molecule is CCCCOC(=O)CCC(=O)OSc1nc2ccccc2s1.CC[NH2+]CC. The van der Waals surface area contributed by atoms with Gasteiger partial charge >= 0.3 is 11.9 Å². The van der Waals surface area contributed by atoms with Crippen molar-refractivity contribution in [3.8, 4) is 0 Å². The smallest absolute Gasteiger partial charge is 0.318 e. The molecule has 0 bridgehead atoms. The van der Waals surface area contributed by atoms with E-state index in [4.69, 9.17) is 8.92 Å². The molecule has 0 radical (unpaired) electrons. The van der Waals surface area contributed by atoms with E-state index in [2.05, 4.69) is 24.1 Å². The Kier molecular flexibility index (Phi) is 12.5. The number of carbonyl (C=O) groups excluding carboxylic acids is 2. The number of hydrogen-bond donors (Lipinski definition) is 1. The van der Waals surface area contributed by atoms with E-state index in [0.717, 1.165) is 35.1 Å². The molecule has 8 heteroatoms. The van der Waals surface area contributed by atoms with Crippen LogP contribution in [0.5, 0.6) is 0 Å². The van der Waals surface area contributed by atoms with E-state index in [1.165, 1.54) is 24.4 Å². The highest BCUT2D eigenvalue weighted by Gasteiger charge is 2.12. The van der Waals surface area contributed by atoms with Crippen LogP contribution in [0.2, 0.25) is 0 Å². The van der Waals surface area contributed by atoms with Gasteiger partial charge in [0.25, 0.3) is 0 Å². The normalized spacial score (nSPS) is 10.2. The molecule has 1 heterocycles. The highest BCUT2D eigenvalue weighted by molar-refractivity contribution is 7.97. The maximum absolute atomic E-state index is 11.6. The van der Waals surface area contributed by atoms with Crippen LogP contribution in [-0.4, -0.2) is 36.6 Å². The van der Waals surface area contributed by atoms with Crippen molar-refractivity contribution in [2.75, 3.05) is 19.7 Å². The van der Waals surface area contributed by atoms with Crippen LogP contribution in [0.4, 0.5) is 0 Å². The molecule has 0 amide bonds. The van der Waals surface area contributed by atoms with Crippen LogP contribution in [-0.2, 0) is 18.5 Å². The Morgan fingerprint density at radius 1 is 1.11 bits per heavy atom. The first kappa shape index (κ1) is 23.4. The van der Waals surface area contributed by atoms with Crippen molar-refractivity contribution in [1.29, 1.82) is 0 Å². The van der Waals surface area contributed by atoms with Gasteiger partial charge in [-0.2, -0.15) is 0 Å². The zero-order chi connectivity index (χ0) is 19.9. The minimum Gasteiger partial charge on any atom is -0.466 e.